The highest BCUT2D eigenvalue weighted by Crippen LogP contribution is 2.59. The Morgan fingerprint density at radius 3 is 0.888 bits per heavy atom. The molecule has 0 amide bonds. The Morgan fingerprint density at radius 2 is 0.589 bits per heavy atom. The summed E-state index contributed by atoms with van der Waals surface area (Å²) in [6, 6.07) is 57.0. The summed E-state index contributed by atoms with van der Waals surface area (Å²) in [6.45, 7) is 9.31. The summed E-state index contributed by atoms with van der Waals surface area (Å²) in [5.74, 6) is 1.10. The second-order valence-corrected chi connectivity index (χ2v) is 34.8. The zero-order valence-electron chi connectivity index (χ0n) is 64.3. The van der Waals surface area contributed by atoms with E-state index in [0.29, 0.717) is 33.4 Å². The van der Waals surface area contributed by atoms with Crippen LogP contribution < -0.4 is 32.2 Å². The molecule has 2 heterocycles. The summed E-state index contributed by atoms with van der Waals surface area (Å²) in [7, 11) is 0. The van der Waals surface area contributed by atoms with Crippen LogP contribution in [0.5, 0.6) is 0 Å². The van der Waals surface area contributed by atoms with Gasteiger partial charge >= 0.3 is 0 Å². The standard InChI is InChI=1S/C101H110O4S2/c1-5-9-13-17-21-23-27-31-39-67(37-29-25-19-15-11-7-3)65-101(66-68(38-30-26-20-16-12-8-4)40-32-28-24-22-18-14-10-6-2)91-57-71(93-55-51-73(106-93)59-89-97(102)85-61-81-77-45-33-41-69-42-34-46-78(95(69)77)82(81)62-86(85)98(89)103)49-53-75(91)76-54-50-72(58-92(76)101)94-56-52-74(107-94)60-90-99(104)87-63-83-79-47-35-43-70-44-36-48-80(96(70)79)84(83)64-88(87)100(90)105/h33-36,41-64,67-68H,5-32,37-40,65-66H2,1-4H3. The van der Waals surface area contributed by atoms with Gasteiger partial charge in [0.2, 0.25) is 0 Å². The zero-order valence-corrected chi connectivity index (χ0v) is 65.9. The van der Waals surface area contributed by atoms with E-state index in [1.807, 2.05) is 36.4 Å². The summed E-state index contributed by atoms with van der Waals surface area (Å²) in [5, 5.41) is 15.8. The molecule has 2 atom stereocenters. The van der Waals surface area contributed by atoms with Crippen LogP contribution in [0.4, 0.5) is 0 Å². The van der Waals surface area contributed by atoms with Crippen molar-refractivity contribution in [3.8, 4) is 32.0 Å². The van der Waals surface area contributed by atoms with Crippen molar-refractivity contribution >= 4 is 121 Å². The van der Waals surface area contributed by atoms with Crippen molar-refractivity contribution in [1.82, 2.24) is 0 Å². The molecule has 0 bridgehead atoms. The van der Waals surface area contributed by atoms with Gasteiger partial charge in [-0.15, -0.1) is 22.7 Å². The van der Waals surface area contributed by atoms with Crippen LogP contribution in [0.3, 0.4) is 0 Å². The van der Waals surface area contributed by atoms with E-state index in [1.165, 1.54) is 260 Å². The predicted octanol–water partition coefficient (Wildman–Crippen LogP) is 27.5. The molecular formula is C101H110O4S2. The fourth-order valence-electron chi connectivity index (χ4n) is 19.5. The number of thiophene rings is 2. The largest absolute Gasteiger partial charge is 0.288 e. The van der Waals surface area contributed by atoms with Crippen LogP contribution in [-0.2, 0) is 5.41 Å². The van der Waals surface area contributed by atoms with Gasteiger partial charge in [0.1, 0.15) is 0 Å². The molecule has 1 aliphatic carbocycles. The van der Waals surface area contributed by atoms with Crippen LogP contribution in [0, 0.1) is 11.8 Å². The highest BCUT2D eigenvalue weighted by molar-refractivity contribution is 7.16. The third-order valence-corrected chi connectivity index (χ3v) is 27.3. The predicted molar refractivity (Wildman–Crippen MR) is 466 cm³/mol. The molecule has 0 radical (unpaired) electrons. The summed E-state index contributed by atoms with van der Waals surface area (Å²) >= 11 is 3.38. The number of rotatable bonds is 40. The molecule has 0 saturated heterocycles. The van der Waals surface area contributed by atoms with Gasteiger partial charge in [-0.05, 0) is 196 Å². The maximum absolute atomic E-state index is 14.6. The van der Waals surface area contributed by atoms with Gasteiger partial charge in [0.05, 0.1) is 10.4 Å². The third-order valence-electron chi connectivity index (χ3n) is 25.1. The maximum Gasteiger partial charge on any atom is 0.197 e. The molecule has 14 aromatic rings. The van der Waals surface area contributed by atoms with Gasteiger partial charge in [0.15, 0.2) is 21.7 Å². The molecule has 4 nitrogen and oxygen atoms in total. The van der Waals surface area contributed by atoms with E-state index >= 15 is 0 Å². The summed E-state index contributed by atoms with van der Waals surface area (Å²) in [6.07, 6.45) is 47.6. The van der Waals surface area contributed by atoms with Crippen LogP contribution >= 0.6 is 22.7 Å². The number of fused-ring (bicyclic) bond motifs is 11. The van der Waals surface area contributed by atoms with E-state index in [2.05, 4.69) is 161 Å². The Labute approximate surface area is 641 Å². The summed E-state index contributed by atoms with van der Waals surface area (Å²) in [4.78, 5) is 62.7. The van der Waals surface area contributed by atoms with Gasteiger partial charge in [-0.2, -0.15) is 0 Å². The lowest BCUT2D eigenvalue weighted by Crippen LogP contribution is -2.32. The van der Waals surface area contributed by atoms with Crippen molar-refractivity contribution in [2.75, 3.05) is 0 Å². The lowest BCUT2D eigenvalue weighted by Gasteiger charge is -2.39. The Hall–Kier alpha value is -8.16. The van der Waals surface area contributed by atoms with E-state index in [9.17, 15) is 19.2 Å². The molecule has 550 valence electrons. The van der Waals surface area contributed by atoms with E-state index in [0.717, 1.165) is 75.4 Å². The quantitative estimate of drug-likeness (QED) is 0.0359. The van der Waals surface area contributed by atoms with Gasteiger partial charge in [0, 0.05) is 46.5 Å². The van der Waals surface area contributed by atoms with E-state index in [1.54, 1.807) is 22.7 Å². The molecule has 6 heteroatoms. The monoisotopic (exact) mass is 1450 g/mol. The fraction of sp³-hybridized carbons (Fsp3) is 0.406. The zero-order chi connectivity index (χ0) is 73.4. The van der Waals surface area contributed by atoms with Gasteiger partial charge in [-0.1, -0.05) is 330 Å². The van der Waals surface area contributed by atoms with Gasteiger partial charge in [-0.3, -0.25) is 19.2 Å². The van der Waals surface area contributed by atoms with Crippen molar-refractivity contribution in [2.24, 2.45) is 11.8 Å². The van der Waals surface area contributed by atoms with E-state index in [-0.39, 0.29) is 37.6 Å². The lowest BCUT2D eigenvalue weighted by molar-refractivity contribution is 0.250. The number of benzene rings is 8. The molecule has 0 aliphatic heterocycles. The molecule has 2 aromatic heterocycles. The van der Waals surface area contributed by atoms with Crippen LogP contribution in [-0.4, -0.2) is 0 Å². The highest BCUT2D eigenvalue weighted by atomic mass is 32.1. The van der Waals surface area contributed by atoms with Crippen molar-refractivity contribution in [1.29, 1.82) is 0 Å². The van der Waals surface area contributed by atoms with Gasteiger partial charge in [0.25, 0.3) is 0 Å². The average molecular weight is 1450 g/mol. The Kier molecular flexibility index (Phi) is 23.7. The molecule has 15 rings (SSSR count). The first-order chi connectivity index (χ1) is 52.6. The third kappa shape index (κ3) is 15.4. The first-order valence-electron chi connectivity index (χ1n) is 42.1. The van der Waals surface area contributed by atoms with Crippen LogP contribution in [0.1, 0.15) is 267 Å². The molecule has 12 aromatic carbocycles. The number of unbranched alkanes of at least 4 members (excludes halogenated alkanes) is 24. The van der Waals surface area contributed by atoms with E-state index < -0.39 is 0 Å². The second-order valence-electron chi connectivity index (χ2n) is 32.5. The van der Waals surface area contributed by atoms with Crippen molar-refractivity contribution in [3.05, 3.63) is 230 Å². The van der Waals surface area contributed by atoms with Crippen LogP contribution in [0.15, 0.2) is 177 Å². The molecule has 1 aliphatic rings. The second kappa shape index (κ2) is 34.2. The lowest BCUT2D eigenvalue weighted by atomic mass is 9.64. The topological polar surface area (TPSA) is 68.3 Å². The van der Waals surface area contributed by atoms with E-state index in [4.69, 9.17) is 0 Å². The molecule has 0 fully saturated rings. The van der Waals surface area contributed by atoms with Crippen molar-refractivity contribution in [2.45, 2.75) is 251 Å². The minimum absolute atomic E-state index is 0.191. The highest BCUT2D eigenvalue weighted by Gasteiger charge is 2.46. The Morgan fingerprint density at radius 1 is 0.299 bits per heavy atom. The molecule has 107 heavy (non-hydrogen) atoms. The van der Waals surface area contributed by atoms with Gasteiger partial charge < -0.3 is 0 Å². The molecular weight excluding hydrogens is 1340 g/mol. The first kappa shape index (κ1) is 74.3. The number of hydrogen-bond acceptors (Lipinski definition) is 6. The smallest absolute Gasteiger partial charge is 0.197 e. The number of hydrogen-bond donors (Lipinski definition) is 0. The summed E-state index contributed by atoms with van der Waals surface area (Å²) in [5.41, 5.74) is 7.02. The minimum Gasteiger partial charge on any atom is -0.288 e. The molecule has 0 spiro atoms. The average Bonchev–Trinajstić information content (AvgIpc) is 1.59. The van der Waals surface area contributed by atoms with Crippen molar-refractivity contribution in [3.63, 3.8) is 0 Å². The van der Waals surface area contributed by atoms with Crippen molar-refractivity contribution < 1.29 is 0 Å². The first-order valence-corrected chi connectivity index (χ1v) is 43.7. The minimum atomic E-state index is -0.275. The summed E-state index contributed by atoms with van der Waals surface area (Å²) < 4.78 is 0. The van der Waals surface area contributed by atoms with Crippen LogP contribution in [0.25, 0.3) is 130 Å². The Bertz CT molecular complexity index is 5200. The van der Waals surface area contributed by atoms with Gasteiger partial charge in [-0.25, -0.2) is 0 Å². The maximum atomic E-state index is 14.6. The molecule has 0 saturated carbocycles. The van der Waals surface area contributed by atoms with Crippen LogP contribution in [0.2, 0.25) is 0 Å². The SMILES string of the molecule is CCCCCCCCCCC(CCCCCCCC)CC1(CC(CCCCCCCC)CCCCCCCCCC)c2cc(-c3ccc(C=c4c(=O)c5cc6c(cc5c4=O)c4cccc5cccc6c54)s3)ccc2-c2ccc(-c3ccc(C=c4c(=O)c5cc6c(cc5c4=O)c4cccc5cccc6c54)s3)cc21. The molecule has 2 unspecified atom stereocenters. The fourth-order valence-corrected chi connectivity index (χ4v) is 21.4. The Balaban J connectivity index is 0.837. The normalized spacial score (nSPS) is 13.5. The molecule has 0 N–H and O–H groups in total.